The molecule has 1 aromatic heterocycles. The first-order valence-corrected chi connectivity index (χ1v) is 6.77. The lowest BCUT2D eigenvalue weighted by Crippen LogP contribution is -2.29. The Balaban J connectivity index is 2.33. The maximum atomic E-state index is 11.2. The van der Waals surface area contributed by atoms with E-state index in [9.17, 15) is 9.90 Å². The number of anilines is 1. The van der Waals surface area contributed by atoms with E-state index in [0.717, 1.165) is 19.4 Å². The van der Waals surface area contributed by atoms with Crippen molar-refractivity contribution in [3.8, 4) is 0 Å². The van der Waals surface area contributed by atoms with Crippen LogP contribution in [0.25, 0.3) is 0 Å². The monoisotopic (exact) mass is 283 g/mol. The van der Waals surface area contributed by atoms with Gasteiger partial charge in [0, 0.05) is 13.1 Å². The second kappa shape index (κ2) is 5.43. The molecule has 6 heteroatoms. The van der Waals surface area contributed by atoms with Gasteiger partial charge in [0.2, 0.25) is 0 Å². The van der Waals surface area contributed by atoms with Crippen molar-refractivity contribution in [1.29, 1.82) is 0 Å². The highest BCUT2D eigenvalue weighted by Crippen LogP contribution is 2.28. The van der Waals surface area contributed by atoms with Crippen LogP contribution in [0.4, 0.5) is 5.82 Å². The fraction of sp³-hybridized carbons (Fsp3) is 0.615. The molecule has 0 aliphatic carbocycles. The van der Waals surface area contributed by atoms with Crippen LogP contribution in [0.3, 0.4) is 0 Å². The molecule has 1 aliphatic rings. The van der Waals surface area contributed by atoms with Gasteiger partial charge in [-0.05, 0) is 33.1 Å². The standard InChI is InChI=1S/C13H18ClN3O2/c1-9-15-11(14)10(8-18)12(16-9)17-6-3-4-13(2,19)5-7-17/h8,19H,3-7H2,1-2H3. The fourth-order valence-electron chi connectivity index (χ4n) is 2.35. The topological polar surface area (TPSA) is 66.3 Å². The Bertz CT molecular complexity index is 491. The Morgan fingerprint density at radius 1 is 1.37 bits per heavy atom. The van der Waals surface area contributed by atoms with Crippen LogP contribution in [0.5, 0.6) is 0 Å². The summed E-state index contributed by atoms with van der Waals surface area (Å²) in [6.07, 6.45) is 2.94. The summed E-state index contributed by atoms with van der Waals surface area (Å²) in [5.74, 6) is 1.12. The highest BCUT2D eigenvalue weighted by molar-refractivity contribution is 6.32. The molecule has 1 aliphatic heterocycles. The van der Waals surface area contributed by atoms with Crippen molar-refractivity contribution in [2.75, 3.05) is 18.0 Å². The Morgan fingerprint density at radius 3 is 2.79 bits per heavy atom. The van der Waals surface area contributed by atoms with Crippen molar-refractivity contribution in [1.82, 2.24) is 9.97 Å². The van der Waals surface area contributed by atoms with E-state index in [1.165, 1.54) is 0 Å². The summed E-state index contributed by atoms with van der Waals surface area (Å²) in [5.41, 5.74) is -0.323. The summed E-state index contributed by atoms with van der Waals surface area (Å²) in [6, 6.07) is 0. The molecule has 1 saturated heterocycles. The molecule has 0 radical (unpaired) electrons. The number of carbonyl (C=O) groups excluding carboxylic acids is 1. The minimum absolute atomic E-state index is 0.188. The van der Waals surface area contributed by atoms with Gasteiger partial charge in [0.1, 0.15) is 16.8 Å². The van der Waals surface area contributed by atoms with E-state index >= 15 is 0 Å². The van der Waals surface area contributed by atoms with Crippen LogP contribution in [0.15, 0.2) is 0 Å². The average Bonchev–Trinajstić information content (AvgIpc) is 2.49. The number of aldehydes is 1. The van der Waals surface area contributed by atoms with E-state index in [0.29, 0.717) is 36.5 Å². The average molecular weight is 284 g/mol. The Labute approximate surface area is 117 Å². The number of aryl methyl sites for hydroxylation is 1. The molecule has 0 bridgehead atoms. The second-order valence-electron chi connectivity index (χ2n) is 5.25. The molecule has 5 nitrogen and oxygen atoms in total. The summed E-state index contributed by atoms with van der Waals surface area (Å²) in [6.45, 7) is 5.00. The molecule has 104 valence electrons. The van der Waals surface area contributed by atoms with E-state index in [-0.39, 0.29) is 5.15 Å². The second-order valence-corrected chi connectivity index (χ2v) is 5.61. The first-order chi connectivity index (χ1) is 8.93. The van der Waals surface area contributed by atoms with E-state index in [1.54, 1.807) is 6.92 Å². The predicted octanol–water partition coefficient (Wildman–Crippen LogP) is 1.99. The van der Waals surface area contributed by atoms with E-state index in [4.69, 9.17) is 11.6 Å². The molecule has 1 aromatic rings. The van der Waals surface area contributed by atoms with Crippen molar-refractivity contribution < 1.29 is 9.90 Å². The van der Waals surface area contributed by atoms with Gasteiger partial charge in [0.15, 0.2) is 6.29 Å². The van der Waals surface area contributed by atoms with Gasteiger partial charge < -0.3 is 10.0 Å². The highest BCUT2D eigenvalue weighted by Gasteiger charge is 2.27. The van der Waals surface area contributed by atoms with E-state index in [2.05, 4.69) is 9.97 Å². The minimum Gasteiger partial charge on any atom is -0.390 e. The summed E-state index contributed by atoms with van der Waals surface area (Å²) < 4.78 is 0. The Hall–Kier alpha value is -1.20. The van der Waals surface area contributed by atoms with E-state index in [1.807, 2.05) is 11.8 Å². The van der Waals surface area contributed by atoms with Gasteiger partial charge in [-0.2, -0.15) is 0 Å². The molecular formula is C13H18ClN3O2. The SMILES string of the molecule is Cc1nc(Cl)c(C=O)c(N2CCCC(C)(O)CC2)n1. The van der Waals surface area contributed by atoms with Gasteiger partial charge in [0.05, 0.1) is 11.2 Å². The molecular weight excluding hydrogens is 266 g/mol. The van der Waals surface area contributed by atoms with Crippen LogP contribution >= 0.6 is 11.6 Å². The third-order valence-electron chi connectivity index (χ3n) is 3.47. The maximum Gasteiger partial charge on any atom is 0.156 e. The summed E-state index contributed by atoms with van der Waals surface area (Å²) in [5, 5.41) is 10.3. The largest absolute Gasteiger partial charge is 0.390 e. The Morgan fingerprint density at radius 2 is 2.11 bits per heavy atom. The number of aromatic nitrogens is 2. The zero-order valence-electron chi connectivity index (χ0n) is 11.2. The number of halogens is 1. The van der Waals surface area contributed by atoms with Crippen LogP contribution in [0.1, 0.15) is 42.4 Å². The lowest BCUT2D eigenvalue weighted by Gasteiger charge is -2.24. The van der Waals surface area contributed by atoms with Crippen molar-refractivity contribution >= 4 is 23.7 Å². The number of aliphatic hydroxyl groups is 1. The molecule has 1 N–H and O–H groups in total. The summed E-state index contributed by atoms with van der Waals surface area (Å²) >= 11 is 5.99. The number of rotatable bonds is 2. The third kappa shape index (κ3) is 3.22. The first-order valence-electron chi connectivity index (χ1n) is 6.39. The number of carbonyl (C=O) groups is 1. The van der Waals surface area contributed by atoms with Gasteiger partial charge in [-0.1, -0.05) is 11.6 Å². The van der Waals surface area contributed by atoms with Crippen LogP contribution in [0.2, 0.25) is 5.15 Å². The van der Waals surface area contributed by atoms with Gasteiger partial charge in [0.25, 0.3) is 0 Å². The molecule has 1 atom stereocenters. The van der Waals surface area contributed by atoms with Crippen LogP contribution in [-0.4, -0.2) is 40.1 Å². The van der Waals surface area contributed by atoms with Crippen molar-refractivity contribution in [2.24, 2.45) is 0 Å². The molecule has 2 heterocycles. The first kappa shape index (κ1) is 14.2. The van der Waals surface area contributed by atoms with E-state index < -0.39 is 5.60 Å². The van der Waals surface area contributed by atoms with Gasteiger partial charge in [-0.25, -0.2) is 9.97 Å². The highest BCUT2D eigenvalue weighted by atomic mass is 35.5. The van der Waals surface area contributed by atoms with Crippen molar-refractivity contribution in [3.63, 3.8) is 0 Å². The zero-order chi connectivity index (χ0) is 14.0. The van der Waals surface area contributed by atoms with Crippen LogP contribution in [0, 0.1) is 6.92 Å². The van der Waals surface area contributed by atoms with Gasteiger partial charge in [-0.15, -0.1) is 0 Å². The molecule has 0 amide bonds. The number of hydrogen-bond donors (Lipinski definition) is 1. The van der Waals surface area contributed by atoms with Crippen LogP contribution in [-0.2, 0) is 0 Å². The molecule has 0 saturated carbocycles. The predicted molar refractivity (Wildman–Crippen MR) is 73.9 cm³/mol. The smallest absolute Gasteiger partial charge is 0.156 e. The summed E-state index contributed by atoms with van der Waals surface area (Å²) in [4.78, 5) is 21.5. The van der Waals surface area contributed by atoms with Crippen LogP contribution < -0.4 is 4.90 Å². The quantitative estimate of drug-likeness (QED) is 0.664. The lowest BCUT2D eigenvalue weighted by molar-refractivity contribution is 0.0481. The molecule has 0 aromatic carbocycles. The molecule has 0 spiro atoms. The molecule has 2 rings (SSSR count). The number of nitrogens with zero attached hydrogens (tertiary/aromatic N) is 3. The normalized spacial score (nSPS) is 24.1. The van der Waals surface area contributed by atoms with Gasteiger partial charge >= 0.3 is 0 Å². The minimum atomic E-state index is -0.651. The number of hydrogen-bond acceptors (Lipinski definition) is 5. The molecule has 1 fully saturated rings. The molecule has 1 unspecified atom stereocenters. The summed E-state index contributed by atoms with van der Waals surface area (Å²) in [7, 11) is 0. The Kier molecular flexibility index (Phi) is 4.06. The third-order valence-corrected chi connectivity index (χ3v) is 3.76. The van der Waals surface area contributed by atoms with Crippen molar-refractivity contribution in [3.05, 3.63) is 16.5 Å². The zero-order valence-corrected chi connectivity index (χ0v) is 11.9. The van der Waals surface area contributed by atoms with Crippen molar-refractivity contribution in [2.45, 2.75) is 38.7 Å². The maximum absolute atomic E-state index is 11.2. The lowest BCUT2D eigenvalue weighted by atomic mass is 9.98. The fourth-order valence-corrected chi connectivity index (χ4v) is 2.60. The molecule has 19 heavy (non-hydrogen) atoms. The van der Waals surface area contributed by atoms with Gasteiger partial charge in [-0.3, -0.25) is 4.79 Å².